The molecule has 0 spiro atoms. The lowest BCUT2D eigenvalue weighted by Gasteiger charge is -2.22. The molecular formula is C8H16N2O2. The second-order valence-electron chi connectivity index (χ2n) is 3.36. The molecule has 0 rings (SSSR count). The third-order valence-electron chi connectivity index (χ3n) is 2.06. The summed E-state index contributed by atoms with van der Waals surface area (Å²) in [4.78, 5) is 22.3. The van der Waals surface area contributed by atoms with E-state index in [9.17, 15) is 9.59 Å². The van der Waals surface area contributed by atoms with Crippen molar-refractivity contribution >= 4 is 11.7 Å². The van der Waals surface area contributed by atoms with Crippen molar-refractivity contribution in [3.05, 3.63) is 0 Å². The first kappa shape index (κ1) is 11.1. The maximum atomic E-state index is 11.5. The molecule has 4 nitrogen and oxygen atoms in total. The lowest BCUT2D eigenvalue weighted by Crippen LogP contribution is -2.47. The van der Waals surface area contributed by atoms with Crippen LogP contribution in [0.15, 0.2) is 0 Å². The van der Waals surface area contributed by atoms with Gasteiger partial charge in [0.1, 0.15) is 5.41 Å². The van der Waals surface area contributed by atoms with Crippen LogP contribution in [0, 0.1) is 5.41 Å². The average molecular weight is 172 g/mol. The third kappa shape index (κ3) is 2.04. The van der Waals surface area contributed by atoms with E-state index in [0.717, 1.165) is 0 Å². The zero-order valence-corrected chi connectivity index (χ0v) is 7.97. The summed E-state index contributed by atoms with van der Waals surface area (Å²) >= 11 is 0. The summed E-state index contributed by atoms with van der Waals surface area (Å²) in [5, 5.41) is 2.77. The van der Waals surface area contributed by atoms with Crippen LogP contribution in [0.4, 0.5) is 0 Å². The van der Waals surface area contributed by atoms with Gasteiger partial charge in [0.05, 0.1) is 6.04 Å². The Morgan fingerprint density at radius 2 is 1.83 bits per heavy atom. The van der Waals surface area contributed by atoms with Crippen molar-refractivity contribution in [2.24, 2.45) is 11.1 Å². The van der Waals surface area contributed by atoms with Gasteiger partial charge in [0.15, 0.2) is 5.78 Å². The van der Waals surface area contributed by atoms with Gasteiger partial charge >= 0.3 is 0 Å². The van der Waals surface area contributed by atoms with Gasteiger partial charge in [-0.3, -0.25) is 9.59 Å². The van der Waals surface area contributed by atoms with Gasteiger partial charge in [0.25, 0.3) is 0 Å². The normalized spacial score (nSPS) is 14.0. The number of nitrogens with two attached hydrogens (primary N) is 1. The molecule has 0 aliphatic carbocycles. The number of Topliss-reactive ketones (excluding diaryl/α,β-unsaturated/α-hetero) is 1. The monoisotopic (exact) mass is 172 g/mol. The van der Waals surface area contributed by atoms with E-state index in [1.165, 1.54) is 13.8 Å². The molecule has 0 aliphatic heterocycles. The van der Waals surface area contributed by atoms with E-state index >= 15 is 0 Å². The maximum absolute atomic E-state index is 11.5. The van der Waals surface area contributed by atoms with Gasteiger partial charge in [-0.1, -0.05) is 0 Å². The molecule has 0 aromatic rings. The molecule has 0 aromatic heterocycles. The fraction of sp³-hybridized carbons (Fsp3) is 0.750. The number of nitrogens with one attached hydrogen (secondary N) is 1. The smallest absolute Gasteiger partial charge is 0.230 e. The molecule has 4 heteroatoms. The number of likely N-dealkylation sites (N-methyl/N-ethyl adjacent to an activating group) is 1. The molecule has 0 heterocycles. The van der Waals surface area contributed by atoms with Crippen LogP contribution in [0.3, 0.4) is 0 Å². The zero-order chi connectivity index (χ0) is 9.94. The summed E-state index contributed by atoms with van der Waals surface area (Å²) in [6.07, 6.45) is 0. The minimum absolute atomic E-state index is 0.183. The van der Waals surface area contributed by atoms with Crippen LogP contribution in [0.2, 0.25) is 0 Å². The molecule has 70 valence electrons. The first-order valence-corrected chi connectivity index (χ1v) is 3.85. The summed E-state index contributed by atoms with van der Waals surface area (Å²) in [6, 6.07) is -0.340. The molecule has 0 saturated heterocycles. The summed E-state index contributed by atoms with van der Waals surface area (Å²) in [5.74, 6) is -0.771. The number of primary amides is 1. The van der Waals surface area contributed by atoms with Gasteiger partial charge in [-0.05, 0) is 27.8 Å². The summed E-state index contributed by atoms with van der Waals surface area (Å²) in [7, 11) is 1.67. The van der Waals surface area contributed by atoms with Gasteiger partial charge < -0.3 is 11.1 Å². The van der Waals surface area contributed by atoms with E-state index in [4.69, 9.17) is 5.73 Å². The number of rotatable bonds is 4. The zero-order valence-electron chi connectivity index (χ0n) is 7.97. The highest BCUT2D eigenvalue weighted by Gasteiger charge is 2.36. The molecular weight excluding hydrogens is 156 g/mol. The van der Waals surface area contributed by atoms with E-state index in [1.807, 2.05) is 0 Å². The Morgan fingerprint density at radius 3 is 2.08 bits per heavy atom. The van der Waals surface area contributed by atoms with E-state index in [1.54, 1.807) is 14.0 Å². The first-order chi connectivity index (χ1) is 5.34. The van der Waals surface area contributed by atoms with Crippen LogP contribution in [0.5, 0.6) is 0 Å². The Balaban J connectivity index is 4.57. The van der Waals surface area contributed by atoms with Crippen molar-refractivity contribution in [2.45, 2.75) is 26.8 Å². The third-order valence-corrected chi connectivity index (χ3v) is 2.06. The van der Waals surface area contributed by atoms with E-state index in [2.05, 4.69) is 5.32 Å². The van der Waals surface area contributed by atoms with Crippen LogP contribution in [-0.2, 0) is 9.59 Å². The standard InChI is InChI=1S/C8H16N2O2/c1-5(10-4)6(11)8(2,3)7(9)12/h5,10H,1-4H3,(H2,9,12). The average Bonchev–Trinajstić information content (AvgIpc) is 2.01. The van der Waals surface area contributed by atoms with Crippen LogP contribution in [-0.4, -0.2) is 24.8 Å². The molecule has 0 saturated carbocycles. The van der Waals surface area contributed by atoms with Crippen LogP contribution in [0.1, 0.15) is 20.8 Å². The van der Waals surface area contributed by atoms with Crippen molar-refractivity contribution < 1.29 is 9.59 Å². The minimum Gasteiger partial charge on any atom is -0.369 e. The maximum Gasteiger partial charge on any atom is 0.230 e. The largest absolute Gasteiger partial charge is 0.369 e. The number of hydrogen-bond donors (Lipinski definition) is 2. The molecule has 0 aliphatic rings. The molecule has 0 aromatic carbocycles. The highest BCUT2D eigenvalue weighted by Crippen LogP contribution is 2.17. The summed E-state index contributed by atoms with van der Waals surface area (Å²) in [5.41, 5.74) is 4.00. The Labute approximate surface area is 72.5 Å². The second kappa shape index (κ2) is 3.67. The predicted octanol–water partition coefficient (Wildman–Crippen LogP) is -0.325. The molecule has 12 heavy (non-hydrogen) atoms. The predicted molar refractivity (Wildman–Crippen MR) is 46.5 cm³/mol. The summed E-state index contributed by atoms with van der Waals surface area (Å²) < 4.78 is 0. The Morgan fingerprint density at radius 1 is 1.42 bits per heavy atom. The van der Waals surface area contributed by atoms with E-state index in [0.29, 0.717) is 0 Å². The second-order valence-corrected chi connectivity index (χ2v) is 3.36. The van der Waals surface area contributed by atoms with Gasteiger partial charge in [0.2, 0.25) is 5.91 Å². The fourth-order valence-corrected chi connectivity index (χ4v) is 0.794. The van der Waals surface area contributed by atoms with Crippen molar-refractivity contribution in [1.29, 1.82) is 0 Å². The highest BCUT2D eigenvalue weighted by atomic mass is 16.2. The molecule has 0 radical (unpaired) electrons. The van der Waals surface area contributed by atoms with Crippen molar-refractivity contribution in [3.8, 4) is 0 Å². The first-order valence-electron chi connectivity index (χ1n) is 3.85. The van der Waals surface area contributed by atoms with Crippen molar-refractivity contribution in [3.63, 3.8) is 0 Å². The lowest BCUT2D eigenvalue weighted by molar-refractivity contribution is -0.139. The van der Waals surface area contributed by atoms with E-state index < -0.39 is 11.3 Å². The molecule has 1 unspecified atom stereocenters. The number of ketones is 1. The Kier molecular flexibility index (Phi) is 3.39. The molecule has 0 fully saturated rings. The number of carbonyl (C=O) groups excluding carboxylic acids is 2. The van der Waals surface area contributed by atoms with Crippen molar-refractivity contribution in [2.75, 3.05) is 7.05 Å². The molecule has 3 N–H and O–H groups in total. The van der Waals surface area contributed by atoms with Crippen molar-refractivity contribution in [1.82, 2.24) is 5.32 Å². The van der Waals surface area contributed by atoms with Crippen LogP contribution < -0.4 is 11.1 Å². The molecule has 1 amide bonds. The molecule has 1 atom stereocenters. The minimum atomic E-state index is -1.08. The SMILES string of the molecule is CNC(C)C(=O)C(C)(C)C(N)=O. The topological polar surface area (TPSA) is 72.2 Å². The Bertz CT molecular complexity index is 199. The quantitative estimate of drug-likeness (QED) is 0.570. The number of hydrogen-bond acceptors (Lipinski definition) is 3. The molecule has 0 bridgehead atoms. The lowest BCUT2D eigenvalue weighted by atomic mass is 9.84. The fourth-order valence-electron chi connectivity index (χ4n) is 0.794. The number of amides is 1. The summed E-state index contributed by atoms with van der Waals surface area (Å²) in [6.45, 7) is 4.77. The Hall–Kier alpha value is -0.900. The van der Waals surface area contributed by atoms with Gasteiger partial charge in [-0.2, -0.15) is 0 Å². The number of carbonyl (C=O) groups is 2. The van der Waals surface area contributed by atoms with E-state index in [-0.39, 0.29) is 11.8 Å². The highest BCUT2D eigenvalue weighted by molar-refractivity contribution is 6.06. The van der Waals surface area contributed by atoms with Gasteiger partial charge in [0, 0.05) is 0 Å². The van der Waals surface area contributed by atoms with Gasteiger partial charge in [-0.25, -0.2) is 0 Å². The van der Waals surface area contributed by atoms with Gasteiger partial charge in [-0.15, -0.1) is 0 Å². The van der Waals surface area contributed by atoms with Crippen LogP contribution in [0.25, 0.3) is 0 Å². The van der Waals surface area contributed by atoms with Crippen LogP contribution >= 0.6 is 0 Å².